The Balaban J connectivity index is 1.68. The van der Waals surface area contributed by atoms with Gasteiger partial charge in [-0.05, 0) is 54.8 Å². The molecule has 186 valence electrons. The molecule has 3 aromatic rings. The number of fused-ring (bicyclic) bond motifs is 1. The number of hydrogen-bond acceptors (Lipinski definition) is 6. The summed E-state index contributed by atoms with van der Waals surface area (Å²) in [5, 5.41) is 14.6. The van der Waals surface area contributed by atoms with Crippen molar-refractivity contribution in [3.05, 3.63) is 77.0 Å². The van der Waals surface area contributed by atoms with Crippen LogP contribution in [0.25, 0.3) is 23.0 Å². The lowest BCUT2D eigenvalue weighted by Gasteiger charge is -2.28. The summed E-state index contributed by atoms with van der Waals surface area (Å²) < 4.78 is 13.2. The zero-order valence-corrected chi connectivity index (χ0v) is 20.9. The van der Waals surface area contributed by atoms with E-state index in [-0.39, 0.29) is 18.0 Å². The van der Waals surface area contributed by atoms with Crippen molar-refractivity contribution >= 4 is 17.9 Å². The highest BCUT2D eigenvalue weighted by atomic mass is 16.6. The number of carbonyl (C=O) groups excluding carboxylic acids is 2. The Hall–Kier alpha value is -4.64. The third-order valence-corrected chi connectivity index (χ3v) is 6.25. The van der Waals surface area contributed by atoms with Crippen LogP contribution < -0.4 is 9.47 Å². The zero-order valence-electron chi connectivity index (χ0n) is 20.9. The second kappa shape index (κ2) is 9.78. The van der Waals surface area contributed by atoms with Gasteiger partial charge in [0.1, 0.15) is 30.6 Å². The molecule has 8 nitrogen and oxygen atoms in total. The van der Waals surface area contributed by atoms with Crippen LogP contribution >= 0.6 is 0 Å². The molecule has 2 aromatic carbocycles. The molecule has 1 aromatic heterocycles. The first-order chi connectivity index (χ1) is 17.9. The number of hydrogen-bond donors (Lipinski definition) is 0. The first-order valence-corrected chi connectivity index (χ1v) is 12.1. The van der Waals surface area contributed by atoms with E-state index >= 15 is 0 Å². The number of carbonyl (C=O) groups is 2. The summed E-state index contributed by atoms with van der Waals surface area (Å²) in [6, 6.07) is 17.3. The van der Waals surface area contributed by atoms with Crippen molar-refractivity contribution in [3.63, 3.8) is 0 Å². The molecular formula is C29H26N4O4. The van der Waals surface area contributed by atoms with Crippen molar-refractivity contribution in [3.8, 4) is 34.5 Å². The summed E-state index contributed by atoms with van der Waals surface area (Å²) in [6.45, 7) is 6.66. The molecule has 2 amide bonds. The van der Waals surface area contributed by atoms with Crippen molar-refractivity contribution < 1.29 is 19.1 Å². The quantitative estimate of drug-likeness (QED) is 0.381. The highest BCUT2D eigenvalue weighted by molar-refractivity contribution is 6.19. The van der Waals surface area contributed by atoms with Crippen LogP contribution in [0.1, 0.15) is 26.3 Å². The van der Waals surface area contributed by atoms with E-state index in [1.165, 1.54) is 0 Å². The highest BCUT2D eigenvalue weighted by Crippen LogP contribution is 2.37. The van der Waals surface area contributed by atoms with Gasteiger partial charge in [0, 0.05) is 29.4 Å². The number of amides is 2. The van der Waals surface area contributed by atoms with E-state index < -0.39 is 11.8 Å². The molecule has 8 heteroatoms. The van der Waals surface area contributed by atoms with Crippen LogP contribution in [0.5, 0.6) is 11.5 Å². The van der Waals surface area contributed by atoms with Gasteiger partial charge in [-0.25, -0.2) is 4.68 Å². The van der Waals surface area contributed by atoms with Crippen molar-refractivity contribution in [1.29, 1.82) is 5.26 Å². The molecular weight excluding hydrogens is 468 g/mol. The number of benzene rings is 2. The maximum Gasteiger partial charge on any atom is 0.271 e. The van der Waals surface area contributed by atoms with E-state index in [0.717, 1.165) is 16.2 Å². The van der Waals surface area contributed by atoms with E-state index in [1.807, 2.05) is 74.6 Å². The van der Waals surface area contributed by atoms with Gasteiger partial charge in [0.05, 0.1) is 5.69 Å². The van der Waals surface area contributed by atoms with Crippen molar-refractivity contribution in [2.75, 3.05) is 19.8 Å². The van der Waals surface area contributed by atoms with Gasteiger partial charge in [0.2, 0.25) is 0 Å². The Bertz CT molecular complexity index is 1490. The number of aromatic nitrogens is 2. The topological polar surface area (TPSA) is 97.5 Å². The van der Waals surface area contributed by atoms with Crippen molar-refractivity contribution in [1.82, 2.24) is 14.7 Å². The first kappa shape index (κ1) is 24.1. The van der Waals surface area contributed by atoms with Crippen LogP contribution in [-0.4, -0.2) is 46.3 Å². The normalized spacial score (nSPS) is 16.5. The molecule has 0 radical (unpaired) electrons. The lowest BCUT2D eigenvalue weighted by molar-refractivity contribution is -0.141. The molecule has 0 bridgehead atoms. The maximum atomic E-state index is 13.5. The number of ether oxygens (including phenoxy) is 2. The lowest BCUT2D eigenvalue weighted by atomic mass is 9.92. The fourth-order valence-corrected chi connectivity index (χ4v) is 4.44. The Kier molecular flexibility index (Phi) is 6.36. The standard InChI is InChI=1S/C29H26N4O4/c1-18(2)16-32-28(34)23(19(3)24(15-30)29(32)35)13-21-17-33(22-7-5-4-6-8-22)31-27(21)20-9-10-25-26(14-20)37-12-11-36-25/h4-10,13-14,17-18H,11-12,16H2,1-3H3/b23-13+. The fraction of sp³-hybridized carbons (Fsp3) is 0.241. The van der Waals surface area contributed by atoms with E-state index in [9.17, 15) is 14.9 Å². The first-order valence-electron chi connectivity index (χ1n) is 12.1. The average molecular weight is 495 g/mol. The zero-order chi connectivity index (χ0) is 26.1. The SMILES string of the molecule is CC1=C(C#N)C(=O)N(CC(C)C)C(=O)/C1=C/c1cn(-c2ccccc2)nc1-c1ccc2c(c1)OCCO2. The predicted octanol–water partition coefficient (Wildman–Crippen LogP) is 4.56. The minimum atomic E-state index is -0.553. The van der Waals surface area contributed by atoms with E-state index in [1.54, 1.807) is 17.7 Å². The van der Waals surface area contributed by atoms with E-state index in [0.29, 0.717) is 47.1 Å². The molecule has 0 saturated heterocycles. The minimum Gasteiger partial charge on any atom is -0.486 e. The van der Waals surface area contributed by atoms with Crippen LogP contribution in [-0.2, 0) is 9.59 Å². The van der Waals surface area contributed by atoms with Gasteiger partial charge >= 0.3 is 0 Å². The van der Waals surface area contributed by atoms with Crippen LogP contribution in [0.15, 0.2) is 71.4 Å². The summed E-state index contributed by atoms with van der Waals surface area (Å²) in [5.74, 6) is 0.377. The molecule has 0 spiro atoms. The monoisotopic (exact) mass is 494 g/mol. The Labute approximate surface area is 215 Å². The van der Waals surface area contributed by atoms with Gasteiger partial charge in [-0.3, -0.25) is 14.5 Å². The highest BCUT2D eigenvalue weighted by Gasteiger charge is 2.36. The van der Waals surface area contributed by atoms with Crippen molar-refractivity contribution in [2.45, 2.75) is 20.8 Å². The number of imide groups is 1. The van der Waals surface area contributed by atoms with Crippen LogP contribution in [0, 0.1) is 17.2 Å². The number of para-hydroxylation sites is 1. The average Bonchev–Trinajstić information content (AvgIpc) is 3.33. The van der Waals surface area contributed by atoms with Gasteiger partial charge in [-0.15, -0.1) is 0 Å². The molecule has 0 N–H and O–H groups in total. The van der Waals surface area contributed by atoms with Crippen LogP contribution in [0.4, 0.5) is 0 Å². The second-order valence-corrected chi connectivity index (χ2v) is 9.36. The van der Waals surface area contributed by atoms with Gasteiger partial charge in [-0.1, -0.05) is 32.0 Å². The maximum absolute atomic E-state index is 13.5. The van der Waals surface area contributed by atoms with E-state index in [4.69, 9.17) is 14.6 Å². The minimum absolute atomic E-state index is 0.0252. The van der Waals surface area contributed by atoms with Gasteiger partial charge in [-0.2, -0.15) is 10.4 Å². The number of nitrogens with zero attached hydrogens (tertiary/aromatic N) is 4. The predicted molar refractivity (Wildman–Crippen MR) is 138 cm³/mol. The van der Waals surface area contributed by atoms with Crippen LogP contribution in [0.3, 0.4) is 0 Å². The smallest absolute Gasteiger partial charge is 0.271 e. The number of nitriles is 1. The van der Waals surface area contributed by atoms with Crippen molar-refractivity contribution in [2.24, 2.45) is 5.92 Å². The Morgan fingerprint density at radius 1 is 1.05 bits per heavy atom. The van der Waals surface area contributed by atoms with Gasteiger partial charge in [0.25, 0.3) is 11.8 Å². The molecule has 0 atom stereocenters. The van der Waals surface area contributed by atoms with Gasteiger partial charge < -0.3 is 9.47 Å². The number of rotatable bonds is 5. The molecule has 37 heavy (non-hydrogen) atoms. The van der Waals surface area contributed by atoms with E-state index in [2.05, 4.69) is 0 Å². The Morgan fingerprint density at radius 2 is 1.78 bits per heavy atom. The Morgan fingerprint density at radius 3 is 2.49 bits per heavy atom. The summed E-state index contributed by atoms with van der Waals surface area (Å²) in [7, 11) is 0. The molecule has 0 fully saturated rings. The molecule has 2 aliphatic heterocycles. The lowest BCUT2D eigenvalue weighted by Crippen LogP contribution is -2.44. The summed E-state index contributed by atoms with van der Waals surface area (Å²) >= 11 is 0. The summed E-state index contributed by atoms with van der Waals surface area (Å²) in [4.78, 5) is 27.5. The fourth-order valence-electron chi connectivity index (χ4n) is 4.44. The van der Waals surface area contributed by atoms with Crippen LogP contribution in [0.2, 0.25) is 0 Å². The second-order valence-electron chi connectivity index (χ2n) is 9.36. The molecule has 0 aliphatic carbocycles. The third kappa shape index (κ3) is 4.52. The third-order valence-electron chi connectivity index (χ3n) is 6.25. The molecule has 5 rings (SSSR count). The summed E-state index contributed by atoms with van der Waals surface area (Å²) in [5.41, 5.74) is 3.55. The summed E-state index contributed by atoms with van der Waals surface area (Å²) in [6.07, 6.45) is 3.55. The molecule has 3 heterocycles. The molecule has 0 unspecified atom stereocenters. The van der Waals surface area contributed by atoms with Gasteiger partial charge in [0.15, 0.2) is 11.5 Å². The molecule has 2 aliphatic rings. The molecule has 0 saturated carbocycles. The largest absolute Gasteiger partial charge is 0.486 e.